The van der Waals surface area contributed by atoms with Gasteiger partial charge in [0.1, 0.15) is 11.5 Å². The number of carbonyl (C=O) groups excluding carboxylic acids is 2. The summed E-state index contributed by atoms with van der Waals surface area (Å²) in [6.45, 7) is 4.74. The van der Waals surface area contributed by atoms with E-state index in [1.165, 1.54) is 6.42 Å². The highest BCUT2D eigenvalue weighted by atomic mass is 16.6. The van der Waals surface area contributed by atoms with Gasteiger partial charge in [-0.05, 0) is 92.0 Å². The standard InChI is InChI=1S/C27H36N2O4/c1-26-15-13-21-19(9-12-23-27(21,2)16-14-24(30)29(23)3)20(26)10-11-22(26)28-25(31)33-18-7-5-17(32-4)6-8-18/h5-8,14,16,19-23H,9-13,15H2,1-4H3,(H,28,31)/t19-,20-,21-,22-,23+,26-,27+/m0/s1. The molecular weight excluding hydrogens is 416 g/mol. The van der Waals surface area contributed by atoms with Crippen LogP contribution in [0.25, 0.3) is 0 Å². The average molecular weight is 453 g/mol. The molecule has 3 saturated carbocycles. The number of fused-ring (bicyclic) bond motifs is 5. The van der Waals surface area contributed by atoms with Gasteiger partial charge >= 0.3 is 6.09 Å². The average Bonchev–Trinajstić information content (AvgIpc) is 3.13. The molecule has 7 atom stereocenters. The fourth-order valence-electron chi connectivity index (χ4n) is 7.90. The number of amides is 2. The summed E-state index contributed by atoms with van der Waals surface area (Å²) in [6.07, 6.45) is 10.2. The minimum atomic E-state index is -0.375. The van der Waals surface area contributed by atoms with Crippen LogP contribution in [0.5, 0.6) is 11.5 Å². The number of nitrogens with zero attached hydrogens (tertiary/aromatic N) is 1. The van der Waals surface area contributed by atoms with Crippen molar-refractivity contribution >= 4 is 12.0 Å². The highest BCUT2D eigenvalue weighted by Crippen LogP contribution is 2.63. The summed E-state index contributed by atoms with van der Waals surface area (Å²) in [7, 11) is 3.58. The second-order valence-electron chi connectivity index (χ2n) is 11.0. The second-order valence-corrected chi connectivity index (χ2v) is 11.0. The topological polar surface area (TPSA) is 67.9 Å². The van der Waals surface area contributed by atoms with Gasteiger partial charge in [-0.15, -0.1) is 0 Å². The van der Waals surface area contributed by atoms with Crippen molar-refractivity contribution in [3.63, 3.8) is 0 Å². The van der Waals surface area contributed by atoms with E-state index in [0.717, 1.165) is 37.9 Å². The quantitative estimate of drug-likeness (QED) is 0.716. The van der Waals surface area contributed by atoms with Crippen molar-refractivity contribution in [2.24, 2.45) is 28.6 Å². The van der Waals surface area contributed by atoms with E-state index < -0.39 is 0 Å². The number of nitrogens with one attached hydrogen (secondary N) is 1. The van der Waals surface area contributed by atoms with Gasteiger partial charge in [-0.1, -0.05) is 19.9 Å². The van der Waals surface area contributed by atoms with E-state index in [9.17, 15) is 9.59 Å². The van der Waals surface area contributed by atoms with Gasteiger partial charge in [-0.25, -0.2) is 4.79 Å². The Morgan fingerprint density at radius 2 is 1.76 bits per heavy atom. The van der Waals surface area contributed by atoms with E-state index >= 15 is 0 Å². The lowest BCUT2D eigenvalue weighted by Gasteiger charge is -2.60. The van der Waals surface area contributed by atoms with Gasteiger partial charge in [0.2, 0.25) is 5.91 Å². The van der Waals surface area contributed by atoms with Gasteiger partial charge < -0.3 is 19.7 Å². The molecule has 2 amide bonds. The summed E-state index contributed by atoms with van der Waals surface area (Å²) >= 11 is 0. The summed E-state index contributed by atoms with van der Waals surface area (Å²) in [5, 5.41) is 3.21. The van der Waals surface area contributed by atoms with Crippen LogP contribution in [-0.4, -0.2) is 43.1 Å². The summed E-state index contributed by atoms with van der Waals surface area (Å²) in [6, 6.07) is 7.51. The Morgan fingerprint density at radius 3 is 2.48 bits per heavy atom. The molecule has 1 heterocycles. The first-order valence-corrected chi connectivity index (χ1v) is 12.3. The number of rotatable bonds is 3. The zero-order valence-electron chi connectivity index (χ0n) is 20.2. The largest absolute Gasteiger partial charge is 0.497 e. The predicted octanol–water partition coefficient (Wildman–Crippen LogP) is 4.79. The fourth-order valence-corrected chi connectivity index (χ4v) is 7.90. The molecule has 3 aliphatic carbocycles. The number of likely N-dealkylation sites (N-methyl/N-ethyl adjacent to an activating group) is 1. The van der Waals surface area contributed by atoms with Crippen LogP contribution in [0.1, 0.15) is 52.4 Å². The number of methoxy groups -OCH3 is 1. The molecule has 5 rings (SSSR count). The second kappa shape index (κ2) is 8.07. The molecule has 0 radical (unpaired) electrons. The van der Waals surface area contributed by atoms with Crippen molar-refractivity contribution in [3.8, 4) is 11.5 Å². The SMILES string of the molecule is COc1ccc(OC(=O)N[C@H]2CC[C@H]3[C@@H]4CC[C@H]5N(C)C(=O)C=C[C@]5(C)[C@H]4CC[C@]23C)cc1. The van der Waals surface area contributed by atoms with Crippen molar-refractivity contribution in [1.82, 2.24) is 10.2 Å². The minimum absolute atomic E-state index is 0.0473. The van der Waals surface area contributed by atoms with Gasteiger partial charge in [0.05, 0.1) is 7.11 Å². The summed E-state index contributed by atoms with van der Waals surface area (Å²) in [4.78, 5) is 27.0. The molecule has 178 valence electrons. The van der Waals surface area contributed by atoms with Crippen molar-refractivity contribution < 1.29 is 19.1 Å². The van der Waals surface area contributed by atoms with E-state index in [1.54, 1.807) is 37.5 Å². The summed E-state index contributed by atoms with van der Waals surface area (Å²) in [5.41, 5.74) is 0.134. The molecule has 6 heteroatoms. The van der Waals surface area contributed by atoms with E-state index in [0.29, 0.717) is 29.5 Å². The normalized spacial score (nSPS) is 39.3. The molecule has 1 aliphatic heterocycles. The monoisotopic (exact) mass is 452 g/mol. The van der Waals surface area contributed by atoms with Crippen LogP contribution in [0.3, 0.4) is 0 Å². The van der Waals surface area contributed by atoms with Crippen LogP contribution in [0.4, 0.5) is 4.79 Å². The third kappa shape index (κ3) is 3.53. The minimum Gasteiger partial charge on any atom is -0.497 e. The van der Waals surface area contributed by atoms with Crippen LogP contribution in [0, 0.1) is 28.6 Å². The third-order valence-electron chi connectivity index (χ3n) is 9.69. The van der Waals surface area contributed by atoms with E-state index in [-0.39, 0.29) is 28.9 Å². The van der Waals surface area contributed by atoms with Gasteiger partial charge in [-0.2, -0.15) is 0 Å². The van der Waals surface area contributed by atoms with Gasteiger partial charge in [0, 0.05) is 24.5 Å². The third-order valence-corrected chi connectivity index (χ3v) is 9.69. The Hall–Kier alpha value is -2.50. The fraction of sp³-hybridized carbons (Fsp3) is 0.630. The van der Waals surface area contributed by atoms with E-state index in [2.05, 4.69) is 25.2 Å². The van der Waals surface area contributed by atoms with Gasteiger partial charge in [0.15, 0.2) is 0 Å². The Morgan fingerprint density at radius 1 is 1.03 bits per heavy atom. The molecule has 1 aromatic rings. The number of ether oxygens (including phenoxy) is 2. The lowest BCUT2D eigenvalue weighted by molar-refractivity contribution is -0.138. The lowest BCUT2D eigenvalue weighted by atomic mass is 9.48. The Bertz CT molecular complexity index is 959. The lowest BCUT2D eigenvalue weighted by Crippen LogP contribution is -2.60. The molecule has 4 aliphatic rings. The molecule has 3 fully saturated rings. The molecule has 0 saturated heterocycles. The maximum atomic E-state index is 12.7. The van der Waals surface area contributed by atoms with Crippen LogP contribution in [0.2, 0.25) is 0 Å². The maximum Gasteiger partial charge on any atom is 0.412 e. The molecule has 1 N–H and O–H groups in total. The zero-order valence-corrected chi connectivity index (χ0v) is 20.2. The highest BCUT2D eigenvalue weighted by Gasteiger charge is 2.60. The molecule has 1 aromatic carbocycles. The van der Waals surface area contributed by atoms with Crippen molar-refractivity contribution in [2.75, 3.05) is 14.2 Å². The first kappa shape index (κ1) is 22.3. The maximum absolute atomic E-state index is 12.7. The Balaban J connectivity index is 1.29. The number of hydrogen-bond acceptors (Lipinski definition) is 4. The van der Waals surface area contributed by atoms with Crippen molar-refractivity contribution in [3.05, 3.63) is 36.4 Å². The Kier molecular flexibility index (Phi) is 5.45. The predicted molar refractivity (Wildman–Crippen MR) is 126 cm³/mol. The van der Waals surface area contributed by atoms with Crippen molar-refractivity contribution in [1.29, 1.82) is 0 Å². The van der Waals surface area contributed by atoms with Crippen LogP contribution in [-0.2, 0) is 4.79 Å². The number of hydrogen-bond donors (Lipinski definition) is 1. The molecular formula is C27H36N2O4. The summed E-state index contributed by atoms with van der Waals surface area (Å²) < 4.78 is 10.7. The Labute approximate surface area is 196 Å². The van der Waals surface area contributed by atoms with Gasteiger partial charge in [0.25, 0.3) is 0 Å². The molecule has 6 nitrogen and oxygen atoms in total. The summed E-state index contributed by atoms with van der Waals surface area (Å²) in [5.74, 6) is 3.21. The van der Waals surface area contributed by atoms with E-state index in [1.807, 2.05) is 11.9 Å². The molecule has 0 aromatic heterocycles. The molecule has 0 spiro atoms. The first-order valence-electron chi connectivity index (χ1n) is 12.3. The number of carbonyl (C=O) groups is 2. The van der Waals surface area contributed by atoms with Crippen LogP contribution < -0.4 is 14.8 Å². The molecule has 33 heavy (non-hydrogen) atoms. The van der Waals surface area contributed by atoms with Crippen molar-refractivity contribution in [2.45, 2.75) is 64.5 Å². The van der Waals surface area contributed by atoms with Crippen LogP contribution >= 0.6 is 0 Å². The molecule has 0 unspecified atom stereocenters. The highest BCUT2D eigenvalue weighted by molar-refractivity contribution is 5.89. The zero-order chi connectivity index (χ0) is 23.4. The van der Waals surface area contributed by atoms with E-state index in [4.69, 9.17) is 9.47 Å². The van der Waals surface area contributed by atoms with Crippen LogP contribution in [0.15, 0.2) is 36.4 Å². The smallest absolute Gasteiger partial charge is 0.412 e. The first-order chi connectivity index (χ1) is 15.8. The van der Waals surface area contributed by atoms with Gasteiger partial charge in [-0.3, -0.25) is 4.79 Å². The molecule has 0 bridgehead atoms. The number of benzene rings is 1.